The standard InChI is InChI=1S/C24H15F4NO2.Na/c1-13-21(23(30)31)19-12-18(25)10-11-20(19)29-22(13)16-4-2-14(3-5-16)15-6-8-17(9-7-15)24(26,27)28;/h2-12H,1H3,(H,30,31);/q;+1/p-1. The Labute approximate surface area is 203 Å². The molecule has 0 saturated carbocycles. The van der Waals surface area contributed by atoms with Crippen LogP contribution in [0.5, 0.6) is 0 Å². The van der Waals surface area contributed by atoms with Crippen molar-refractivity contribution in [3.8, 4) is 22.4 Å². The van der Waals surface area contributed by atoms with Crippen LogP contribution in [-0.2, 0) is 6.18 Å². The van der Waals surface area contributed by atoms with Crippen molar-refractivity contribution < 1.29 is 57.0 Å². The number of aromatic carboxylic acids is 1. The van der Waals surface area contributed by atoms with Crippen molar-refractivity contribution >= 4 is 16.9 Å². The number of carboxylic acids is 1. The Bertz CT molecular complexity index is 1300. The minimum absolute atomic E-state index is 0. The first-order chi connectivity index (χ1) is 14.6. The summed E-state index contributed by atoms with van der Waals surface area (Å²) in [6, 6.07) is 15.4. The van der Waals surface area contributed by atoms with Crippen LogP contribution >= 0.6 is 0 Å². The zero-order valence-corrected chi connectivity index (χ0v) is 19.1. The van der Waals surface area contributed by atoms with Crippen LogP contribution in [0.2, 0.25) is 0 Å². The molecule has 156 valence electrons. The average Bonchev–Trinajstić information content (AvgIpc) is 2.72. The zero-order chi connectivity index (χ0) is 22.3. The summed E-state index contributed by atoms with van der Waals surface area (Å²) in [5, 5.41) is 11.9. The fraction of sp³-hybridized carbons (Fsp3) is 0.0833. The van der Waals surface area contributed by atoms with Gasteiger partial charge in [0, 0.05) is 16.5 Å². The summed E-state index contributed by atoms with van der Waals surface area (Å²) >= 11 is 0. The fourth-order valence-electron chi connectivity index (χ4n) is 3.55. The molecule has 3 nitrogen and oxygen atoms in total. The monoisotopic (exact) mass is 447 g/mol. The molecule has 0 aliphatic rings. The van der Waals surface area contributed by atoms with E-state index in [2.05, 4.69) is 4.98 Å². The molecule has 8 heteroatoms. The van der Waals surface area contributed by atoms with Gasteiger partial charge in [-0.2, -0.15) is 13.2 Å². The largest absolute Gasteiger partial charge is 1.00 e. The van der Waals surface area contributed by atoms with Gasteiger partial charge in [-0.3, -0.25) is 0 Å². The van der Waals surface area contributed by atoms with Crippen molar-refractivity contribution in [1.82, 2.24) is 4.98 Å². The third-order valence-electron chi connectivity index (χ3n) is 5.10. The van der Waals surface area contributed by atoms with Crippen molar-refractivity contribution in [2.45, 2.75) is 13.1 Å². The van der Waals surface area contributed by atoms with Gasteiger partial charge in [-0.05, 0) is 53.9 Å². The van der Waals surface area contributed by atoms with E-state index >= 15 is 0 Å². The number of carboxylic acid groups (broad SMARTS) is 1. The minimum atomic E-state index is -4.40. The van der Waals surface area contributed by atoms with Gasteiger partial charge >= 0.3 is 35.7 Å². The molecular weight excluding hydrogens is 433 g/mol. The van der Waals surface area contributed by atoms with E-state index in [4.69, 9.17) is 0 Å². The van der Waals surface area contributed by atoms with Crippen LogP contribution in [0.1, 0.15) is 21.5 Å². The molecule has 0 saturated heterocycles. The molecule has 0 spiro atoms. The molecule has 32 heavy (non-hydrogen) atoms. The first kappa shape index (κ1) is 23.9. The summed E-state index contributed by atoms with van der Waals surface area (Å²) in [4.78, 5) is 16.2. The van der Waals surface area contributed by atoms with E-state index in [1.807, 2.05) is 0 Å². The number of nitrogens with zero attached hydrogens (tertiary/aromatic N) is 1. The van der Waals surface area contributed by atoms with Gasteiger partial charge in [0.15, 0.2) is 0 Å². The van der Waals surface area contributed by atoms with Gasteiger partial charge in [0.25, 0.3) is 0 Å². The molecule has 4 rings (SSSR count). The average molecular weight is 447 g/mol. The number of rotatable bonds is 3. The van der Waals surface area contributed by atoms with E-state index in [9.17, 15) is 27.5 Å². The van der Waals surface area contributed by atoms with Crippen LogP contribution in [0.4, 0.5) is 17.6 Å². The summed E-state index contributed by atoms with van der Waals surface area (Å²) in [6.07, 6.45) is -4.40. The van der Waals surface area contributed by atoms with Gasteiger partial charge in [-0.25, -0.2) is 9.37 Å². The number of carbonyl (C=O) groups is 1. The molecule has 0 unspecified atom stereocenters. The third kappa shape index (κ3) is 4.55. The normalized spacial score (nSPS) is 11.3. The van der Waals surface area contributed by atoms with Crippen LogP contribution < -0.4 is 34.7 Å². The van der Waals surface area contributed by atoms with E-state index < -0.39 is 23.5 Å². The second-order valence-electron chi connectivity index (χ2n) is 7.06. The number of carbonyl (C=O) groups excluding carboxylic acids is 1. The molecular formula is C24H14F4NNaO2. The van der Waals surface area contributed by atoms with Gasteiger partial charge in [0.2, 0.25) is 0 Å². The molecule has 0 amide bonds. The Balaban J connectivity index is 0.00000289. The van der Waals surface area contributed by atoms with Gasteiger partial charge in [0.05, 0.1) is 22.7 Å². The van der Waals surface area contributed by atoms with Crippen molar-refractivity contribution in [2.75, 3.05) is 0 Å². The Morgan fingerprint density at radius 3 is 1.94 bits per heavy atom. The maximum atomic E-state index is 13.6. The van der Waals surface area contributed by atoms with Crippen molar-refractivity contribution in [3.63, 3.8) is 0 Å². The van der Waals surface area contributed by atoms with E-state index in [0.717, 1.165) is 18.2 Å². The van der Waals surface area contributed by atoms with E-state index in [1.165, 1.54) is 24.3 Å². The third-order valence-corrected chi connectivity index (χ3v) is 5.10. The summed E-state index contributed by atoms with van der Waals surface area (Å²) in [6.45, 7) is 1.57. The number of alkyl halides is 3. The summed E-state index contributed by atoms with van der Waals surface area (Å²) in [5.41, 5.74) is 2.10. The predicted molar refractivity (Wildman–Crippen MR) is 107 cm³/mol. The molecule has 0 atom stereocenters. The number of halogens is 4. The molecule has 0 fully saturated rings. The Morgan fingerprint density at radius 1 is 0.875 bits per heavy atom. The number of hydrogen-bond donors (Lipinski definition) is 0. The van der Waals surface area contributed by atoms with Crippen LogP contribution in [0, 0.1) is 12.7 Å². The molecule has 0 radical (unpaired) electrons. The summed E-state index contributed by atoms with van der Waals surface area (Å²) < 4.78 is 51.9. The Morgan fingerprint density at radius 2 is 1.41 bits per heavy atom. The minimum Gasteiger partial charge on any atom is -0.545 e. The van der Waals surface area contributed by atoms with Crippen LogP contribution in [-0.4, -0.2) is 11.0 Å². The van der Waals surface area contributed by atoms with Crippen LogP contribution in [0.3, 0.4) is 0 Å². The van der Waals surface area contributed by atoms with E-state index in [1.54, 1.807) is 31.2 Å². The molecule has 0 aliphatic carbocycles. The quantitative estimate of drug-likeness (QED) is 0.358. The molecule has 0 bridgehead atoms. The molecule has 0 aliphatic heterocycles. The smallest absolute Gasteiger partial charge is 0.545 e. The number of pyridine rings is 1. The second kappa shape index (κ2) is 9.02. The maximum absolute atomic E-state index is 13.6. The Kier molecular flexibility index (Phi) is 6.74. The van der Waals surface area contributed by atoms with E-state index in [-0.39, 0.29) is 40.5 Å². The van der Waals surface area contributed by atoms with Crippen LogP contribution in [0.25, 0.3) is 33.3 Å². The van der Waals surface area contributed by atoms with Crippen molar-refractivity contribution in [2.24, 2.45) is 0 Å². The molecule has 1 heterocycles. The number of aromatic nitrogens is 1. The molecule has 3 aromatic carbocycles. The summed E-state index contributed by atoms with van der Waals surface area (Å²) in [7, 11) is 0. The zero-order valence-electron chi connectivity index (χ0n) is 17.1. The van der Waals surface area contributed by atoms with Crippen molar-refractivity contribution in [3.05, 3.63) is 89.2 Å². The first-order valence-corrected chi connectivity index (χ1v) is 9.24. The Hall–Kier alpha value is -2.74. The summed E-state index contributed by atoms with van der Waals surface area (Å²) in [5.74, 6) is -2.01. The van der Waals surface area contributed by atoms with Crippen LogP contribution in [0.15, 0.2) is 66.7 Å². The topological polar surface area (TPSA) is 53.0 Å². The van der Waals surface area contributed by atoms with Gasteiger partial charge in [0.1, 0.15) is 5.82 Å². The first-order valence-electron chi connectivity index (χ1n) is 9.24. The van der Waals surface area contributed by atoms with Gasteiger partial charge < -0.3 is 9.90 Å². The van der Waals surface area contributed by atoms with Gasteiger partial charge in [-0.1, -0.05) is 36.4 Å². The maximum Gasteiger partial charge on any atom is 1.00 e. The van der Waals surface area contributed by atoms with E-state index in [0.29, 0.717) is 33.5 Å². The van der Waals surface area contributed by atoms with Crippen molar-refractivity contribution in [1.29, 1.82) is 0 Å². The molecule has 1 aromatic heterocycles. The second-order valence-corrected chi connectivity index (χ2v) is 7.06. The number of benzene rings is 3. The number of hydrogen-bond acceptors (Lipinski definition) is 3. The van der Waals surface area contributed by atoms with Gasteiger partial charge in [-0.15, -0.1) is 0 Å². The fourth-order valence-corrected chi connectivity index (χ4v) is 3.55. The predicted octanol–water partition coefficient (Wildman–Crippen LogP) is 2.40. The molecule has 0 N–H and O–H groups in total. The number of fused-ring (bicyclic) bond motifs is 1. The SMILES string of the molecule is Cc1c(-c2ccc(-c3ccc(C(F)(F)F)cc3)cc2)nc2ccc(F)cc2c1C(=O)[O-].[Na+]. The molecule has 4 aromatic rings.